The first-order valence-corrected chi connectivity index (χ1v) is 12.5. The van der Waals surface area contributed by atoms with E-state index in [1.165, 1.54) is 7.11 Å². The third kappa shape index (κ3) is 5.40. The smallest absolute Gasteiger partial charge is 0.262 e. The molecule has 0 bridgehead atoms. The minimum atomic E-state index is -3.78. The fourth-order valence-electron chi connectivity index (χ4n) is 3.82. The summed E-state index contributed by atoms with van der Waals surface area (Å²) < 4.78 is 39.3. The van der Waals surface area contributed by atoms with Crippen LogP contribution in [0.5, 0.6) is 5.75 Å². The van der Waals surface area contributed by atoms with Crippen LogP contribution in [0.3, 0.4) is 0 Å². The molecule has 1 aromatic heterocycles. The SMILES string of the molecule is COc1cc(S(=O)(=O)Nc2ccc(Nc3cc(C)nc(N4CCOCC4)n3)cc2)c(C)cc1C. The zero-order valence-electron chi connectivity index (χ0n) is 19.8. The first kappa shape index (κ1) is 23.8. The third-order valence-corrected chi connectivity index (χ3v) is 7.05. The van der Waals surface area contributed by atoms with Crippen molar-refractivity contribution in [3.05, 3.63) is 59.3 Å². The van der Waals surface area contributed by atoms with Crippen LogP contribution in [0, 0.1) is 20.8 Å². The van der Waals surface area contributed by atoms with Gasteiger partial charge in [-0.3, -0.25) is 4.72 Å². The average Bonchev–Trinajstić information content (AvgIpc) is 2.80. The number of rotatable bonds is 7. The minimum absolute atomic E-state index is 0.184. The van der Waals surface area contributed by atoms with Gasteiger partial charge in [-0.25, -0.2) is 13.4 Å². The number of ether oxygens (including phenoxy) is 2. The van der Waals surface area contributed by atoms with Crippen molar-refractivity contribution in [2.75, 3.05) is 48.4 Å². The maximum atomic E-state index is 13.0. The summed E-state index contributed by atoms with van der Waals surface area (Å²) in [7, 11) is -2.25. The van der Waals surface area contributed by atoms with E-state index in [9.17, 15) is 8.42 Å². The molecule has 4 rings (SSSR count). The molecule has 0 radical (unpaired) electrons. The van der Waals surface area contributed by atoms with E-state index in [1.807, 2.05) is 19.9 Å². The van der Waals surface area contributed by atoms with Crippen molar-refractivity contribution in [1.29, 1.82) is 0 Å². The van der Waals surface area contributed by atoms with Gasteiger partial charge >= 0.3 is 0 Å². The number of nitrogens with one attached hydrogen (secondary N) is 2. The van der Waals surface area contributed by atoms with Crippen molar-refractivity contribution < 1.29 is 17.9 Å². The summed E-state index contributed by atoms with van der Waals surface area (Å²) in [5.41, 5.74) is 3.62. The Morgan fingerprint density at radius 2 is 1.62 bits per heavy atom. The van der Waals surface area contributed by atoms with E-state index in [1.54, 1.807) is 43.3 Å². The number of aryl methyl sites for hydroxylation is 3. The standard InChI is InChI=1S/C24H29N5O4S/c1-16-13-17(2)22(15-21(16)32-4)34(30,31)28-20-7-5-19(6-8-20)26-23-14-18(3)25-24(27-23)29-9-11-33-12-10-29/h5-8,13-15,28H,9-12H2,1-4H3,(H,25,26,27). The highest BCUT2D eigenvalue weighted by molar-refractivity contribution is 7.92. The molecule has 0 spiro atoms. The van der Waals surface area contributed by atoms with E-state index in [0.717, 1.165) is 30.0 Å². The molecule has 1 fully saturated rings. The number of sulfonamides is 1. The number of hydrogen-bond acceptors (Lipinski definition) is 8. The molecule has 10 heteroatoms. The Balaban J connectivity index is 1.49. The number of nitrogens with zero attached hydrogens (tertiary/aromatic N) is 3. The predicted octanol–water partition coefficient (Wildman–Crippen LogP) is 3.79. The van der Waals surface area contributed by atoms with Crippen LogP contribution in [0.2, 0.25) is 0 Å². The van der Waals surface area contributed by atoms with Gasteiger partial charge in [0, 0.05) is 42.3 Å². The fourth-order valence-corrected chi connectivity index (χ4v) is 5.13. The monoisotopic (exact) mass is 483 g/mol. The third-order valence-electron chi connectivity index (χ3n) is 5.53. The second-order valence-electron chi connectivity index (χ2n) is 8.19. The van der Waals surface area contributed by atoms with Gasteiger partial charge in [0.05, 0.1) is 25.2 Å². The molecule has 0 aliphatic carbocycles. The summed E-state index contributed by atoms with van der Waals surface area (Å²) in [6.45, 7) is 8.40. The zero-order valence-corrected chi connectivity index (χ0v) is 20.6. The number of aromatic nitrogens is 2. The highest BCUT2D eigenvalue weighted by atomic mass is 32.2. The van der Waals surface area contributed by atoms with Crippen LogP contribution in [-0.4, -0.2) is 51.8 Å². The average molecular weight is 484 g/mol. The van der Waals surface area contributed by atoms with Gasteiger partial charge in [0.25, 0.3) is 10.0 Å². The van der Waals surface area contributed by atoms with Crippen molar-refractivity contribution in [2.24, 2.45) is 0 Å². The number of benzene rings is 2. The Kier molecular flexibility index (Phi) is 6.90. The molecule has 2 heterocycles. The lowest BCUT2D eigenvalue weighted by Gasteiger charge is -2.27. The summed E-state index contributed by atoms with van der Waals surface area (Å²) in [6.07, 6.45) is 0. The summed E-state index contributed by atoms with van der Waals surface area (Å²) in [4.78, 5) is 11.5. The van der Waals surface area contributed by atoms with Crippen LogP contribution < -0.4 is 19.7 Å². The molecule has 1 aliphatic rings. The molecule has 9 nitrogen and oxygen atoms in total. The van der Waals surface area contributed by atoms with Gasteiger partial charge < -0.3 is 19.7 Å². The Labute approximate surface area is 200 Å². The number of methoxy groups -OCH3 is 1. The molecule has 2 N–H and O–H groups in total. The van der Waals surface area contributed by atoms with Gasteiger partial charge in [0.1, 0.15) is 11.6 Å². The topological polar surface area (TPSA) is 106 Å². The molecule has 0 saturated carbocycles. The number of hydrogen-bond donors (Lipinski definition) is 2. The van der Waals surface area contributed by atoms with E-state index in [0.29, 0.717) is 42.0 Å². The molecular formula is C24H29N5O4S. The molecule has 0 atom stereocenters. The minimum Gasteiger partial charge on any atom is -0.496 e. The molecule has 1 aliphatic heterocycles. The zero-order chi connectivity index (χ0) is 24.3. The largest absolute Gasteiger partial charge is 0.496 e. The van der Waals surface area contributed by atoms with Crippen LogP contribution in [0.25, 0.3) is 0 Å². The van der Waals surface area contributed by atoms with Crippen molar-refractivity contribution >= 4 is 33.2 Å². The normalized spacial score (nSPS) is 14.1. The van der Waals surface area contributed by atoms with Crippen LogP contribution in [0.1, 0.15) is 16.8 Å². The molecule has 180 valence electrons. The number of anilines is 4. The van der Waals surface area contributed by atoms with Gasteiger partial charge in [-0.2, -0.15) is 4.98 Å². The molecule has 0 unspecified atom stereocenters. The first-order valence-electron chi connectivity index (χ1n) is 11.0. The Bertz CT molecular complexity index is 1270. The maximum Gasteiger partial charge on any atom is 0.262 e. The Morgan fingerprint density at radius 3 is 2.29 bits per heavy atom. The summed E-state index contributed by atoms with van der Waals surface area (Å²) in [5.74, 6) is 1.87. The second kappa shape index (κ2) is 9.86. The Hall–Kier alpha value is -3.37. The van der Waals surface area contributed by atoms with E-state index >= 15 is 0 Å². The van der Waals surface area contributed by atoms with Gasteiger partial charge in [-0.1, -0.05) is 6.07 Å². The van der Waals surface area contributed by atoms with Crippen molar-refractivity contribution in [3.8, 4) is 5.75 Å². The van der Waals surface area contributed by atoms with Gasteiger partial charge in [0.15, 0.2) is 0 Å². The summed E-state index contributed by atoms with van der Waals surface area (Å²) >= 11 is 0. The molecule has 0 amide bonds. The van der Waals surface area contributed by atoms with Crippen LogP contribution in [0.15, 0.2) is 47.4 Å². The fraction of sp³-hybridized carbons (Fsp3) is 0.333. The molecule has 2 aromatic carbocycles. The maximum absolute atomic E-state index is 13.0. The second-order valence-corrected chi connectivity index (χ2v) is 9.84. The van der Waals surface area contributed by atoms with Crippen molar-refractivity contribution in [3.63, 3.8) is 0 Å². The van der Waals surface area contributed by atoms with Gasteiger partial charge in [0.2, 0.25) is 5.95 Å². The van der Waals surface area contributed by atoms with Crippen molar-refractivity contribution in [2.45, 2.75) is 25.7 Å². The predicted molar refractivity (Wildman–Crippen MR) is 133 cm³/mol. The molecule has 34 heavy (non-hydrogen) atoms. The molecular weight excluding hydrogens is 454 g/mol. The van der Waals surface area contributed by atoms with Crippen LogP contribution in [0.4, 0.5) is 23.1 Å². The van der Waals surface area contributed by atoms with E-state index in [-0.39, 0.29) is 4.90 Å². The van der Waals surface area contributed by atoms with Crippen molar-refractivity contribution in [1.82, 2.24) is 9.97 Å². The van der Waals surface area contributed by atoms with Crippen LogP contribution in [-0.2, 0) is 14.8 Å². The van der Waals surface area contributed by atoms with Gasteiger partial charge in [-0.05, 0) is 56.2 Å². The first-order chi connectivity index (χ1) is 16.2. The lowest BCUT2D eigenvalue weighted by molar-refractivity contribution is 0.122. The highest BCUT2D eigenvalue weighted by Crippen LogP contribution is 2.28. The quantitative estimate of drug-likeness (QED) is 0.523. The van der Waals surface area contributed by atoms with E-state index in [4.69, 9.17) is 9.47 Å². The molecule has 1 saturated heterocycles. The van der Waals surface area contributed by atoms with Crippen LogP contribution >= 0.6 is 0 Å². The summed E-state index contributed by atoms with van der Waals surface area (Å²) in [5, 5.41) is 3.27. The number of morpholine rings is 1. The highest BCUT2D eigenvalue weighted by Gasteiger charge is 2.19. The summed E-state index contributed by atoms with van der Waals surface area (Å²) in [6, 6.07) is 12.2. The lowest BCUT2D eigenvalue weighted by Crippen LogP contribution is -2.37. The van der Waals surface area contributed by atoms with E-state index in [2.05, 4.69) is 24.9 Å². The van der Waals surface area contributed by atoms with Gasteiger partial charge in [-0.15, -0.1) is 0 Å². The van der Waals surface area contributed by atoms with E-state index < -0.39 is 10.0 Å². The molecule has 3 aromatic rings. The lowest BCUT2D eigenvalue weighted by atomic mass is 10.1. The Morgan fingerprint density at radius 1 is 0.941 bits per heavy atom.